The average molecular weight is 531 g/mol. The number of nitro groups is 1. The summed E-state index contributed by atoms with van der Waals surface area (Å²) in [6, 6.07) is 5.91. The maximum absolute atomic E-state index is 13.8. The number of nitrogens with one attached hydrogen (secondary N) is 2. The second-order valence-electron chi connectivity index (χ2n) is 9.32. The molecule has 13 heteroatoms. The van der Waals surface area contributed by atoms with E-state index in [1.54, 1.807) is 23.8 Å². The van der Waals surface area contributed by atoms with E-state index in [0.29, 0.717) is 45.7 Å². The van der Waals surface area contributed by atoms with Crippen LogP contribution in [0.4, 0.5) is 27.5 Å². The number of aryl methyl sites for hydroxylation is 1. The molecule has 39 heavy (non-hydrogen) atoms. The minimum absolute atomic E-state index is 0.111. The largest absolute Gasteiger partial charge is 0.390 e. The molecule has 0 radical (unpaired) electrons. The van der Waals surface area contributed by atoms with Gasteiger partial charge >= 0.3 is 5.82 Å². The first-order valence-electron chi connectivity index (χ1n) is 11.6. The maximum atomic E-state index is 13.8. The number of hydrogen-bond donors (Lipinski definition) is 2. The van der Waals surface area contributed by atoms with Crippen molar-refractivity contribution in [3.05, 3.63) is 82.5 Å². The Hall–Kier alpha value is -5.22. The highest BCUT2D eigenvalue weighted by Gasteiger charge is 2.26. The molecular weight excluding hydrogens is 505 g/mol. The summed E-state index contributed by atoms with van der Waals surface area (Å²) in [4.78, 5) is 39.9. The summed E-state index contributed by atoms with van der Waals surface area (Å²) < 4.78 is 15.7. The lowest BCUT2D eigenvalue weighted by molar-refractivity contribution is -0.898. The van der Waals surface area contributed by atoms with Gasteiger partial charge in [-0.1, -0.05) is 5.92 Å². The molecule has 4 aromatic rings. The molecule has 0 atom stereocenters. The van der Waals surface area contributed by atoms with Crippen LogP contribution in [0, 0.1) is 28.3 Å². The van der Waals surface area contributed by atoms with Crippen molar-refractivity contribution in [2.24, 2.45) is 7.05 Å². The van der Waals surface area contributed by atoms with Gasteiger partial charge in [0.2, 0.25) is 12.2 Å². The number of hydrogen-bond acceptors (Lipinski definition) is 8. The van der Waals surface area contributed by atoms with Crippen molar-refractivity contribution in [1.82, 2.24) is 24.5 Å². The van der Waals surface area contributed by atoms with Gasteiger partial charge in [-0.3, -0.25) is 4.79 Å². The number of fused-ring (bicyclic) bond motifs is 1. The molecule has 0 unspecified atom stereocenters. The predicted molar refractivity (Wildman–Crippen MR) is 143 cm³/mol. The zero-order chi connectivity index (χ0) is 28.2. The summed E-state index contributed by atoms with van der Waals surface area (Å²) >= 11 is 0. The summed E-state index contributed by atoms with van der Waals surface area (Å²) in [6.07, 6.45) is 12.7. The van der Waals surface area contributed by atoms with Crippen LogP contribution >= 0.6 is 0 Å². The second-order valence-corrected chi connectivity index (χ2v) is 9.32. The van der Waals surface area contributed by atoms with E-state index in [4.69, 9.17) is 6.42 Å². The minimum atomic E-state index is -0.505. The molecule has 1 aromatic carbocycles. The first-order valence-corrected chi connectivity index (χ1v) is 11.6. The van der Waals surface area contributed by atoms with Crippen molar-refractivity contribution in [2.45, 2.75) is 6.54 Å². The number of anilines is 3. The number of rotatable bonds is 9. The molecule has 0 aliphatic carbocycles. The second kappa shape index (κ2) is 11.0. The number of aromatic nitrogens is 5. The van der Waals surface area contributed by atoms with Crippen LogP contribution in [0.1, 0.15) is 11.3 Å². The van der Waals surface area contributed by atoms with E-state index in [0.717, 1.165) is 0 Å². The lowest BCUT2D eigenvalue weighted by Crippen LogP contribution is -2.39. The monoisotopic (exact) mass is 530 g/mol. The number of carbonyl (C=O) groups is 1. The normalized spacial score (nSPS) is 11.5. The van der Waals surface area contributed by atoms with Crippen LogP contribution in [-0.4, -0.2) is 60.5 Å². The van der Waals surface area contributed by atoms with Gasteiger partial charge in [-0.05, 0) is 40.2 Å². The minimum Gasteiger partial charge on any atom is -0.358 e. The molecule has 2 N–H and O–H groups in total. The van der Waals surface area contributed by atoms with Crippen molar-refractivity contribution < 1.29 is 18.6 Å². The lowest BCUT2D eigenvalue weighted by Gasteiger charge is -2.27. The van der Waals surface area contributed by atoms with Gasteiger partial charge in [-0.15, -0.1) is 6.42 Å². The molecule has 198 valence electrons. The summed E-state index contributed by atoms with van der Waals surface area (Å²) in [5.74, 6) is 1.90. The van der Waals surface area contributed by atoms with Crippen molar-refractivity contribution in [3.8, 4) is 12.3 Å². The number of halogens is 1. The fourth-order valence-electron chi connectivity index (χ4n) is 3.84. The standard InChI is InChI=1S/C26H24FN9O3/c1-5-17-11-18(8-9-20(17)27)32-25-19-12-23(28-13-21(19)29-15-30-25)33-24(37)7-6-10-36(3,4)14-22-26(35(38)39)31-16-34(22)2/h1,6-9,11-13,15-16H,10,14H2,2-4H3,(H-,28,29,30,32,33,37)/p+1. The Balaban J connectivity index is 1.45. The first-order chi connectivity index (χ1) is 18.6. The quantitative estimate of drug-likeness (QED) is 0.110. The summed E-state index contributed by atoms with van der Waals surface area (Å²) in [7, 11) is 5.49. The molecule has 0 fully saturated rings. The summed E-state index contributed by atoms with van der Waals surface area (Å²) in [5, 5.41) is 17.6. The van der Waals surface area contributed by atoms with Crippen LogP contribution in [0.5, 0.6) is 0 Å². The SMILES string of the molecule is C#Cc1cc(Nc2ncnc3cnc(NC(=O)C=CC[N+](C)(C)Cc4c([N+](=O)[O-])ncn4C)cc23)ccc1F. The highest BCUT2D eigenvalue weighted by atomic mass is 19.1. The molecule has 0 aliphatic heterocycles. The number of nitrogens with zero attached hydrogens (tertiary/aromatic N) is 7. The molecule has 4 rings (SSSR count). The first kappa shape index (κ1) is 26.8. The van der Waals surface area contributed by atoms with E-state index in [1.807, 2.05) is 14.1 Å². The maximum Gasteiger partial charge on any atom is 0.390 e. The molecule has 3 heterocycles. The number of pyridine rings is 1. The van der Waals surface area contributed by atoms with Crippen LogP contribution in [0.2, 0.25) is 0 Å². The van der Waals surface area contributed by atoms with Gasteiger partial charge in [0.25, 0.3) is 0 Å². The lowest BCUT2D eigenvalue weighted by atomic mass is 10.2. The Labute approximate surface area is 223 Å². The van der Waals surface area contributed by atoms with E-state index in [1.165, 1.54) is 43.1 Å². The Bertz CT molecular complexity index is 1640. The van der Waals surface area contributed by atoms with E-state index < -0.39 is 16.6 Å². The number of terminal acetylenes is 1. The fraction of sp³-hybridized carbons (Fsp3) is 0.192. The van der Waals surface area contributed by atoms with Gasteiger partial charge in [0.05, 0.1) is 37.9 Å². The number of imidazole rings is 1. The van der Waals surface area contributed by atoms with Gasteiger partial charge < -0.3 is 29.8 Å². The Morgan fingerprint density at radius 1 is 1.26 bits per heavy atom. The van der Waals surface area contributed by atoms with Crippen LogP contribution in [0.3, 0.4) is 0 Å². The Kier molecular flexibility index (Phi) is 7.59. The van der Waals surface area contributed by atoms with Gasteiger partial charge in [-0.2, -0.15) is 0 Å². The topological polar surface area (TPSA) is 141 Å². The summed E-state index contributed by atoms with van der Waals surface area (Å²) in [6.45, 7) is 0.776. The third-order valence-corrected chi connectivity index (χ3v) is 5.81. The van der Waals surface area contributed by atoms with E-state index >= 15 is 0 Å². The van der Waals surface area contributed by atoms with E-state index in [-0.39, 0.29) is 17.2 Å². The third kappa shape index (κ3) is 6.38. The van der Waals surface area contributed by atoms with Crippen molar-refractivity contribution >= 4 is 40.0 Å². The van der Waals surface area contributed by atoms with Crippen LogP contribution in [-0.2, 0) is 18.4 Å². The molecule has 0 saturated carbocycles. The van der Waals surface area contributed by atoms with Crippen molar-refractivity contribution in [1.29, 1.82) is 0 Å². The third-order valence-electron chi connectivity index (χ3n) is 5.81. The van der Waals surface area contributed by atoms with Crippen LogP contribution < -0.4 is 10.6 Å². The zero-order valence-corrected chi connectivity index (χ0v) is 21.4. The number of carbonyl (C=O) groups excluding carboxylic acids is 1. The molecule has 3 aromatic heterocycles. The molecule has 1 amide bonds. The fourth-order valence-corrected chi connectivity index (χ4v) is 3.84. The zero-order valence-electron chi connectivity index (χ0n) is 21.4. The molecule has 0 aliphatic rings. The Morgan fingerprint density at radius 3 is 2.79 bits per heavy atom. The van der Waals surface area contributed by atoms with Crippen molar-refractivity contribution in [3.63, 3.8) is 0 Å². The van der Waals surface area contributed by atoms with Gasteiger partial charge in [-0.25, -0.2) is 19.3 Å². The van der Waals surface area contributed by atoms with E-state index in [9.17, 15) is 19.3 Å². The molecular formula is C26H25FN9O3+. The smallest absolute Gasteiger partial charge is 0.358 e. The predicted octanol–water partition coefficient (Wildman–Crippen LogP) is 3.30. The number of benzene rings is 1. The Morgan fingerprint density at radius 2 is 2.05 bits per heavy atom. The summed E-state index contributed by atoms with van der Waals surface area (Å²) in [5.41, 5.74) is 1.67. The molecule has 0 spiro atoms. The average Bonchev–Trinajstić information content (AvgIpc) is 3.24. The highest BCUT2D eigenvalue weighted by molar-refractivity contribution is 6.00. The molecule has 0 saturated heterocycles. The van der Waals surface area contributed by atoms with Crippen LogP contribution in [0.15, 0.2) is 55.3 Å². The molecule has 12 nitrogen and oxygen atoms in total. The van der Waals surface area contributed by atoms with E-state index in [2.05, 4.69) is 36.5 Å². The number of quaternary nitrogens is 1. The van der Waals surface area contributed by atoms with Gasteiger partial charge in [0.1, 0.15) is 30.3 Å². The van der Waals surface area contributed by atoms with Gasteiger partial charge in [0.15, 0.2) is 5.69 Å². The molecule has 0 bridgehead atoms. The highest BCUT2D eigenvalue weighted by Crippen LogP contribution is 2.25. The van der Waals surface area contributed by atoms with Crippen molar-refractivity contribution in [2.75, 3.05) is 31.3 Å². The van der Waals surface area contributed by atoms with Gasteiger partial charge in [0, 0.05) is 24.2 Å². The number of amides is 1. The number of likely N-dealkylation sites (N-methyl/N-ethyl adjacent to an activating group) is 1. The van der Waals surface area contributed by atoms with Crippen LogP contribution in [0.25, 0.3) is 10.9 Å².